The van der Waals surface area contributed by atoms with Gasteiger partial charge in [0.05, 0.1) is 12.6 Å². The number of aliphatic hydroxyl groups excluding tert-OH is 1. The largest absolute Gasteiger partial charge is 0.389 e. The van der Waals surface area contributed by atoms with E-state index < -0.39 is 6.10 Å². The molecule has 0 radical (unpaired) electrons. The van der Waals surface area contributed by atoms with Gasteiger partial charge in [0, 0.05) is 12.7 Å². The van der Waals surface area contributed by atoms with E-state index in [4.69, 9.17) is 6.42 Å². The summed E-state index contributed by atoms with van der Waals surface area (Å²) in [7, 11) is 0. The second-order valence-corrected chi connectivity index (χ2v) is 3.75. The van der Waals surface area contributed by atoms with Gasteiger partial charge in [0.25, 0.3) is 0 Å². The van der Waals surface area contributed by atoms with Crippen LogP contribution in [0.1, 0.15) is 31.9 Å². The van der Waals surface area contributed by atoms with Crippen molar-refractivity contribution in [1.82, 2.24) is 4.98 Å². The fourth-order valence-corrected chi connectivity index (χ4v) is 1.52. The summed E-state index contributed by atoms with van der Waals surface area (Å²) in [5.74, 6) is 3.45. The molecule has 1 rings (SSSR count). The molecule has 0 amide bonds. The summed E-state index contributed by atoms with van der Waals surface area (Å²) in [5.41, 5.74) is 0.864. The highest BCUT2D eigenvalue weighted by Crippen LogP contribution is 2.17. The third-order valence-corrected chi connectivity index (χ3v) is 2.35. The summed E-state index contributed by atoms with van der Waals surface area (Å²) < 4.78 is 0. The van der Waals surface area contributed by atoms with Crippen molar-refractivity contribution >= 4 is 5.82 Å². The van der Waals surface area contributed by atoms with E-state index in [-0.39, 0.29) is 0 Å². The molecular weight excluding hydrogens is 200 g/mol. The lowest BCUT2D eigenvalue weighted by Crippen LogP contribution is -2.25. The number of hydrogen-bond donors (Lipinski definition) is 1. The fourth-order valence-electron chi connectivity index (χ4n) is 1.52. The molecule has 3 heteroatoms. The molecule has 0 aliphatic heterocycles. The highest BCUT2D eigenvalue weighted by molar-refractivity contribution is 5.42. The SMILES string of the molecule is C#CCN(CCC)c1cc(C(C)O)ccn1. The zero-order chi connectivity index (χ0) is 12.0. The van der Waals surface area contributed by atoms with Crippen LogP contribution >= 0.6 is 0 Å². The molecule has 0 saturated heterocycles. The van der Waals surface area contributed by atoms with Gasteiger partial charge in [-0.1, -0.05) is 12.8 Å². The maximum absolute atomic E-state index is 9.50. The second-order valence-electron chi connectivity index (χ2n) is 3.75. The van der Waals surface area contributed by atoms with Crippen molar-refractivity contribution in [3.8, 4) is 12.3 Å². The number of hydrogen-bond acceptors (Lipinski definition) is 3. The van der Waals surface area contributed by atoms with Crippen LogP contribution in [0.15, 0.2) is 18.3 Å². The lowest BCUT2D eigenvalue weighted by atomic mass is 10.1. The Kier molecular flexibility index (Phi) is 4.81. The molecule has 0 aromatic carbocycles. The molecule has 1 aromatic rings. The summed E-state index contributed by atoms with van der Waals surface area (Å²) >= 11 is 0. The molecular formula is C13H18N2O. The Morgan fingerprint density at radius 3 is 2.94 bits per heavy atom. The van der Waals surface area contributed by atoms with E-state index in [1.807, 2.05) is 17.0 Å². The summed E-state index contributed by atoms with van der Waals surface area (Å²) in [6.45, 7) is 5.26. The molecule has 0 fully saturated rings. The van der Waals surface area contributed by atoms with Gasteiger partial charge in [0.2, 0.25) is 0 Å². The first kappa shape index (κ1) is 12.5. The number of pyridine rings is 1. The average molecular weight is 218 g/mol. The first-order chi connectivity index (χ1) is 7.69. The molecule has 3 nitrogen and oxygen atoms in total. The zero-order valence-corrected chi connectivity index (χ0v) is 9.85. The summed E-state index contributed by atoms with van der Waals surface area (Å²) in [4.78, 5) is 6.31. The van der Waals surface area contributed by atoms with Crippen LogP contribution in [0.2, 0.25) is 0 Å². The summed E-state index contributed by atoms with van der Waals surface area (Å²) in [5, 5.41) is 9.50. The van der Waals surface area contributed by atoms with Gasteiger partial charge in [-0.3, -0.25) is 0 Å². The van der Waals surface area contributed by atoms with Crippen molar-refractivity contribution in [3.05, 3.63) is 23.9 Å². The van der Waals surface area contributed by atoms with E-state index in [1.165, 1.54) is 0 Å². The number of terminal acetylenes is 1. The molecule has 0 aliphatic carbocycles. The molecule has 86 valence electrons. The molecule has 1 heterocycles. The number of aromatic nitrogens is 1. The van der Waals surface area contributed by atoms with Crippen molar-refractivity contribution in [2.45, 2.75) is 26.4 Å². The Bertz CT molecular complexity index is 368. The minimum Gasteiger partial charge on any atom is -0.389 e. The van der Waals surface area contributed by atoms with Crippen LogP contribution in [-0.4, -0.2) is 23.2 Å². The molecule has 0 saturated carbocycles. The lowest BCUT2D eigenvalue weighted by molar-refractivity contribution is 0.199. The number of aliphatic hydroxyl groups is 1. The number of nitrogens with zero attached hydrogens (tertiary/aromatic N) is 2. The summed E-state index contributed by atoms with van der Waals surface area (Å²) in [6, 6.07) is 3.70. The van der Waals surface area contributed by atoms with Crippen molar-refractivity contribution in [1.29, 1.82) is 0 Å². The molecule has 16 heavy (non-hydrogen) atoms. The van der Waals surface area contributed by atoms with Gasteiger partial charge in [-0.2, -0.15) is 0 Å². The topological polar surface area (TPSA) is 36.4 Å². The third-order valence-electron chi connectivity index (χ3n) is 2.35. The zero-order valence-electron chi connectivity index (χ0n) is 9.85. The molecule has 0 bridgehead atoms. The van der Waals surface area contributed by atoms with Crippen molar-refractivity contribution in [3.63, 3.8) is 0 Å². The highest BCUT2D eigenvalue weighted by atomic mass is 16.3. The van der Waals surface area contributed by atoms with Crippen LogP contribution in [0.25, 0.3) is 0 Å². The van der Waals surface area contributed by atoms with E-state index in [1.54, 1.807) is 13.1 Å². The first-order valence-electron chi connectivity index (χ1n) is 5.51. The quantitative estimate of drug-likeness (QED) is 0.768. The molecule has 1 aromatic heterocycles. The Morgan fingerprint density at radius 2 is 2.38 bits per heavy atom. The predicted octanol–water partition coefficient (Wildman–Crippen LogP) is 1.98. The van der Waals surface area contributed by atoms with Crippen LogP contribution in [0, 0.1) is 12.3 Å². The van der Waals surface area contributed by atoms with Gasteiger partial charge in [-0.05, 0) is 31.0 Å². The minimum atomic E-state index is -0.476. The second kappa shape index (κ2) is 6.14. The Hall–Kier alpha value is -1.53. The van der Waals surface area contributed by atoms with Crippen LogP contribution in [0.5, 0.6) is 0 Å². The van der Waals surface area contributed by atoms with Crippen LogP contribution in [0.3, 0.4) is 0 Å². The first-order valence-corrected chi connectivity index (χ1v) is 5.51. The van der Waals surface area contributed by atoms with E-state index in [2.05, 4.69) is 17.8 Å². The third kappa shape index (κ3) is 3.25. The number of anilines is 1. The molecule has 1 atom stereocenters. The predicted molar refractivity (Wildman–Crippen MR) is 66.2 cm³/mol. The fraction of sp³-hybridized carbons (Fsp3) is 0.462. The van der Waals surface area contributed by atoms with E-state index in [9.17, 15) is 5.11 Å². The maximum atomic E-state index is 9.50. The standard InChI is InChI=1S/C13H18N2O/c1-4-8-15(9-5-2)13-10-12(11(3)16)6-7-14-13/h1,6-7,10-11,16H,5,8-9H2,2-3H3. The normalized spacial score (nSPS) is 11.9. The van der Waals surface area contributed by atoms with Crippen LogP contribution < -0.4 is 4.90 Å². The van der Waals surface area contributed by atoms with Gasteiger partial charge < -0.3 is 10.0 Å². The Morgan fingerprint density at radius 1 is 1.62 bits per heavy atom. The molecule has 1 N–H and O–H groups in total. The highest BCUT2D eigenvalue weighted by Gasteiger charge is 2.08. The van der Waals surface area contributed by atoms with Gasteiger partial charge in [0.15, 0.2) is 0 Å². The Balaban J connectivity index is 2.91. The molecule has 1 unspecified atom stereocenters. The maximum Gasteiger partial charge on any atom is 0.129 e. The van der Waals surface area contributed by atoms with E-state index in [0.29, 0.717) is 6.54 Å². The van der Waals surface area contributed by atoms with Gasteiger partial charge in [0.1, 0.15) is 5.82 Å². The lowest BCUT2D eigenvalue weighted by Gasteiger charge is -2.21. The van der Waals surface area contributed by atoms with Crippen LogP contribution in [0.4, 0.5) is 5.82 Å². The summed E-state index contributed by atoms with van der Waals surface area (Å²) in [6.07, 6.45) is 7.57. The van der Waals surface area contributed by atoms with Crippen molar-refractivity contribution < 1.29 is 5.11 Å². The van der Waals surface area contributed by atoms with Gasteiger partial charge in [-0.25, -0.2) is 4.98 Å². The molecule has 0 aliphatic rings. The van der Waals surface area contributed by atoms with Crippen molar-refractivity contribution in [2.75, 3.05) is 18.0 Å². The number of rotatable bonds is 5. The minimum absolute atomic E-state index is 0.476. The van der Waals surface area contributed by atoms with Crippen molar-refractivity contribution in [2.24, 2.45) is 0 Å². The van der Waals surface area contributed by atoms with Gasteiger partial charge >= 0.3 is 0 Å². The van der Waals surface area contributed by atoms with Crippen LogP contribution in [-0.2, 0) is 0 Å². The smallest absolute Gasteiger partial charge is 0.129 e. The monoisotopic (exact) mass is 218 g/mol. The average Bonchev–Trinajstić information content (AvgIpc) is 2.29. The van der Waals surface area contributed by atoms with Gasteiger partial charge in [-0.15, -0.1) is 6.42 Å². The van der Waals surface area contributed by atoms with E-state index >= 15 is 0 Å². The molecule has 0 spiro atoms. The Labute approximate surface area is 97.1 Å². The van der Waals surface area contributed by atoms with E-state index in [0.717, 1.165) is 24.3 Å².